The molecule has 0 unspecified atom stereocenters. The summed E-state index contributed by atoms with van der Waals surface area (Å²) >= 11 is 1.36. The minimum absolute atomic E-state index is 0.112. The van der Waals surface area contributed by atoms with E-state index < -0.39 is 20.5 Å². The molecule has 0 saturated heterocycles. The van der Waals surface area contributed by atoms with Gasteiger partial charge in [0.05, 0.1) is 15.8 Å². The summed E-state index contributed by atoms with van der Waals surface area (Å²) in [5.74, 6) is -2.17. The third kappa shape index (κ3) is 4.51. The van der Waals surface area contributed by atoms with E-state index >= 15 is 0 Å². The van der Waals surface area contributed by atoms with Crippen molar-refractivity contribution in [3.05, 3.63) is 64.4 Å². The molecule has 2 heterocycles. The van der Waals surface area contributed by atoms with Crippen LogP contribution in [0.25, 0.3) is 16.7 Å². The van der Waals surface area contributed by atoms with Crippen LogP contribution in [0.15, 0.2) is 63.4 Å². The van der Waals surface area contributed by atoms with Crippen LogP contribution >= 0.6 is 11.8 Å². The maximum atomic E-state index is 13.1. The second kappa shape index (κ2) is 9.22. The normalized spacial score (nSPS) is 12.4. The highest BCUT2D eigenvalue weighted by Gasteiger charge is 2.26. The van der Waals surface area contributed by atoms with Crippen LogP contribution in [0.1, 0.15) is 25.8 Å². The van der Waals surface area contributed by atoms with E-state index in [0.29, 0.717) is 40.1 Å². The third-order valence-electron chi connectivity index (χ3n) is 5.26. The Bertz CT molecular complexity index is 1460. The Morgan fingerprint density at radius 2 is 1.73 bits per heavy atom. The van der Waals surface area contributed by atoms with Gasteiger partial charge in [-0.05, 0) is 42.2 Å². The largest absolute Gasteiger partial charge is 0.341 e. The number of nitrogens with zero attached hydrogens (tertiary/aromatic N) is 4. The molecule has 2 aromatic carbocycles. The van der Waals surface area contributed by atoms with Gasteiger partial charge in [0, 0.05) is 12.3 Å². The van der Waals surface area contributed by atoms with Gasteiger partial charge in [-0.15, -0.1) is 10.2 Å². The lowest BCUT2D eigenvalue weighted by molar-refractivity contribution is 0.234. The number of para-hydroxylation sites is 1. The van der Waals surface area contributed by atoms with Gasteiger partial charge < -0.3 is 0 Å². The molecule has 0 aliphatic carbocycles. The molecule has 11 heteroatoms. The fourth-order valence-corrected chi connectivity index (χ4v) is 5.06. The van der Waals surface area contributed by atoms with Crippen LogP contribution in [-0.2, 0) is 22.1 Å². The summed E-state index contributed by atoms with van der Waals surface area (Å²) in [5, 5.41) is 9.71. The number of hydrogen-bond acceptors (Lipinski definition) is 6. The first-order chi connectivity index (χ1) is 15.7. The standard InChI is InChI=1S/C22H22F2N4O3S2/c1-14(2)11-12-27-19(29)17-5-3-4-6-18(17)28-21(27)25-26-22(28)32-13-15-7-9-16(10-8-15)33(30,31)20(23)24/h3-10,14,20H,11-13H2,1-2H3. The number of sulfone groups is 1. The summed E-state index contributed by atoms with van der Waals surface area (Å²) in [5.41, 5.74) is 1.32. The van der Waals surface area contributed by atoms with Crippen molar-refractivity contribution >= 4 is 38.3 Å². The minimum Gasteiger partial charge on any atom is -0.276 e. The van der Waals surface area contributed by atoms with Gasteiger partial charge in [0.25, 0.3) is 5.56 Å². The molecular weight excluding hydrogens is 470 g/mol. The quantitative estimate of drug-likeness (QED) is 0.339. The number of hydrogen-bond donors (Lipinski definition) is 0. The van der Waals surface area contributed by atoms with Crippen LogP contribution < -0.4 is 5.56 Å². The van der Waals surface area contributed by atoms with Gasteiger partial charge in [0.1, 0.15) is 0 Å². The van der Waals surface area contributed by atoms with Crippen molar-refractivity contribution in [2.24, 2.45) is 5.92 Å². The van der Waals surface area contributed by atoms with E-state index in [-0.39, 0.29) is 5.56 Å². The number of alkyl halides is 2. The van der Waals surface area contributed by atoms with Crippen molar-refractivity contribution in [1.29, 1.82) is 0 Å². The number of halogens is 2. The molecule has 0 aliphatic rings. The third-order valence-corrected chi connectivity index (χ3v) is 7.66. The number of benzene rings is 2. The minimum atomic E-state index is -4.62. The second-order valence-electron chi connectivity index (χ2n) is 8.01. The lowest BCUT2D eigenvalue weighted by Crippen LogP contribution is -2.24. The van der Waals surface area contributed by atoms with Gasteiger partial charge in [-0.25, -0.2) is 8.42 Å². The molecule has 2 aromatic heterocycles. The number of fused-ring (bicyclic) bond motifs is 3. The van der Waals surface area contributed by atoms with Crippen molar-refractivity contribution in [2.45, 2.75) is 48.4 Å². The SMILES string of the molecule is CC(C)CCn1c(=O)c2ccccc2n2c(SCc3ccc(S(=O)(=O)C(F)F)cc3)nnc12. The van der Waals surface area contributed by atoms with Crippen molar-refractivity contribution < 1.29 is 17.2 Å². The summed E-state index contributed by atoms with van der Waals surface area (Å²) in [7, 11) is -4.62. The van der Waals surface area contributed by atoms with Crippen molar-refractivity contribution in [2.75, 3.05) is 0 Å². The van der Waals surface area contributed by atoms with Crippen molar-refractivity contribution in [3.63, 3.8) is 0 Å². The average Bonchev–Trinajstić information content (AvgIpc) is 3.21. The number of aromatic nitrogens is 4. The van der Waals surface area contributed by atoms with E-state index in [1.54, 1.807) is 10.6 Å². The van der Waals surface area contributed by atoms with Gasteiger partial charge in [0.2, 0.25) is 15.6 Å². The Hall–Kier alpha value is -2.79. The van der Waals surface area contributed by atoms with Gasteiger partial charge in [-0.1, -0.05) is 49.9 Å². The zero-order valence-electron chi connectivity index (χ0n) is 18.0. The highest BCUT2D eigenvalue weighted by Crippen LogP contribution is 2.26. The zero-order chi connectivity index (χ0) is 23.8. The predicted octanol–water partition coefficient (Wildman–Crippen LogP) is 4.38. The first-order valence-corrected chi connectivity index (χ1v) is 12.8. The second-order valence-corrected chi connectivity index (χ2v) is 10.9. The monoisotopic (exact) mass is 492 g/mol. The Balaban J connectivity index is 1.69. The molecular formula is C22H22F2N4O3S2. The van der Waals surface area contributed by atoms with Gasteiger partial charge in [-0.2, -0.15) is 8.78 Å². The highest BCUT2D eigenvalue weighted by molar-refractivity contribution is 7.98. The highest BCUT2D eigenvalue weighted by atomic mass is 32.2. The van der Waals surface area contributed by atoms with E-state index in [0.717, 1.165) is 12.0 Å². The Morgan fingerprint density at radius 1 is 1.03 bits per heavy atom. The summed E-state index contributed by atoms with van der Waals surface area (Å²) in [4.78, 5) is 12.7. The van der Waals surface area contributed by atoms with Gasteiger partial charge in [-0.3, -0.25) is 13.8 Å². The summed E-state index contributed by atoms with van der Waals surface area (Å²) < 4.78 is 52.2. The molecule has 0 bridgehead atoms. The molecule has 7 nitrogen and oxygen atoms in total. The van der Waals surface area contributed by atoms with Crippen molar-refractivity contribution in [3.8, 4) is 0 Å². The molecule has 0 saturated carbocycles. The maximum Gasteiger partial charge on any atom is 0.341 e. The molecule has 33 heavy (non-hydrogen) atoms. The molecule has 0 atom stereocenters. The average molecular weight is 493 g/mol. The van der Waals surface area contributed by atoms with Crippen molar-refractivity contribution in [1.82, 2.24) is 19.2 Å². The summed E-state index contributed by atoms with van der Waals surface area (Å²) in [6.45, 7) is 4.70. The van der Waals surface area contributed by atoms with Crippen LogP contribution in [0.5, 0.6) is 0 Å². The van der Waals surface area contributed by atoms with E-state index in [9.17, 15) is 22.0 Å². The summed E-state index contributed by atoms with van der Waals surface area (Å²) in [6, 6.07) is 12.6. The smallest absolute Gasteiger partial charge is 0.276 e. The molecule has 0 N–H and O–H groups in total. The zero-order valence-corrected chi connectivity index (χ0v) is 19.6. The Kier molecular flexibility index (Phi) is 6.53. The fraction of sp³-hybridized carbons (Fsp3) is 0.318. The van der Waals surface area contributed by atoms with E-state index in [1.807, 2.05) is 22.6 Å². The fourth-order valence-electron chi connectivity index (χ4n) is 3.44. The first-order valence-electron chi connectivity index (χ1n) is 10.3. The number of rotatable bonds is 8. The van der Waals surface area contributed by atoms with Crippen LogP contribution in [0.3, 0.4) is 0 Å². The number of aryl methyl sites for hydroxylation is 1. The Labute approximate surface area is 193 Å². The lowest BCUT2D eigenvalue weighted by atomic mass is 10.1. The molecule has 174 valence electrons. The molecule has 4 rings (SSSR count). The van der Waals surface area contributed by atoms with Crippen LogP contribution in [-0.4, -0.2) is 33.3 Å². The van der Waals surface area contributed by atoms with E-state index in [1.165, 1.54) is 36.0 Å². The maximum absolute atomic E-state index is 13.1. The lowest BCUT2D eigenvalue weighted by Gasteiger charge is -2.12. The van der Waals surface area contributed by atoms with E-state index in [4.69, 9.17) is 0 Å². The summed E-state index contributed by atoms with van der Waals surface area (Å²) in [6.07, 6.45) is 0.817. The van der Waals surface area contributed by atoms with Gasteiger partial charge in [0.15, 0.2) is 5.16 Å². The van der Waals surface area contributed by atoms with E-state index in [2.05, 4.69) is 24.0 Å². The molecule has 4 aromatic rings. The Morgan fingerprint density at radius 3 is 2.39 bits per heavy atom. The topological polar surface area (TPSA) is 86.3 Å². The first kappa shape index (κ1) is 23.4. The molecule has 0 aliphatic heterocycles. The van der Waals surface area contributed by atoms with Gasteiger partial charge >= 0.3 is 5.76 Å². The van der Waals surface area contributed by atoms with Crippen LogP contribution in [0.4, 0.5) is 8.78 Å². The number of thioether (sulfide) groups is 1. The molecule has 0 fully saturated rings. The molecule has 0 radical (unpaired) electrons. The predicted molar refractivity (Wildman–Crippen MR) is 123 cm³/mol. The van der Waals surface area contributed by atoms with Crippen LogP contribution in [0, 0.1) is 5.92 Å². The van der Waals surface area contributed by atoms with Crippen LogP contribution in [0.2, 0.25) is 0 Å². The molecule has 0 spiro atoms. The molecule has 0 amide bonds.